The largest absolute Gasteiger partial charge is 0.357 e. The standard InChI is InChI=1S/C22H18N6O/c1-13-3-9-17(10-4-13)28-20(27-18-11-23-12-24-21(18)28)16-7-5-15(6-8-16)19-22(29)26-14(2)25-19/h3-12,19,25H,2H2,1H3,(H,26,29). The van der Waals surface area contributed by atoms with Crippen LogP contribution in [0.15, 0.2) is 73.5 Å². The van der Waals surface area contributed by atoms with Crippen LogP contribution in [-0.2, 0) is 4.79 Å². The molecule has 1 aliphatic heterocycles. The molecule has 7 nitrogen and oxygen atoms in total. The van der Waals surface area contributed by atoms with E-state index in [2.05, 4.69) is 58.4 Å². The molecule has 3 heterocycles. The van der Waals surface area contributed by atoms with Gasteiger partial charge in [0, 0.05) is 11.3 Å². The fourth-order valence-electron chi connectivity index (χ4n) is 3.52. The molecule has 1 aliphatic rings. The van der Waals surface area contributed by atoms with Gasteiger partial charge in [-0.2, -0.15) is 0 Å². The Labute approximate surface area is 167 Å². The minimum absolute atomic E-state index is 0.107. The first-order valence-corrected chi connectivity index (χ1v) is 9.22. The van der Waals surface area contributed by atoms with Gasteiger partial charge in [-0.3, -0.25) is 9.36 Å². The molecule has 1 fully saturated rings. The van der Waals surface area contributed by atoms with E-state index in [0.717, 1.165) is 33.8 Å². The molecule has 0 bridgehead atoms. The van der Waals surface area contributed by atoms with Crippen LogP contribution >= 0.6 is 0 Å². The summed E-state index contributed by atoms with van der Waals surface area (Å²) in [5.74, 6) is 1.18. The Morgan fingerprint density at radius 1 is 1.07 bits per heavy atom. The zero-order valence-corrected chi connectivity index (χ0v) is 15.8. The van der Waals surface area contributed by atoms with Crippen LogP contribution in [0.3, 0.4) is 0 Å². The van der Waals surface area contributed by atoms with Crippen molar-refractivity contribution in [1.82, 2.24) is 30.2 Å². The number of nitrogens with one attached hydrogen (secondary N) is 2. The van der Waals surface area contributed by atoms with E-state index >= 15 is 0 Å². The van der Waals surface area contributed by atoms with E-state index in [4.69, 9.17) is 4.98 Å². The number of aryl methyl sites for hydroxylation is 1. The van der Waals surface area contributed by atoms with Crippen molar-refractivity contribution in [3.05, 3.63) is 84.6 Å². The van der Waals surface area contributed by atoms with Crippen LogP contribution in [0, 0.1) is 6.92 Å². The highest BCUT2D eigenvalue weighted by atomic mass is 16.2. The lowest BCUT2D eigenvalue weighted by Crippen LogP contribution is -2.19. The Hall–Kier alpha value is -4.00. The highest BCUT2D eigenvalue weighted by Crippen LogP contribution is 2.29. The molecule has 1 amide bonds. The summed E-state index contributed by atoms with van der Waals surface area (Å²) in [6, 6.07) is 15.6. The topological polar surface area (TPSA) is 84.7 Å². The number of benzene rings is 2. The van der Waals surface area contributed by atoms with Crippen LogP contribution in [0.2, 0.25) is 0 Å². The van der Waals surface area contributed by atoms with E-state index < -0.39 is 6.04 Å². The summed E-state index contributed by atoms with van der Waals surface area (Å²) in [7, 11) is 0. The monoisotopic (exact) mass is 382 g/mol. The summed E-state index contributed by atoms with van der Waals surface area (Å²) in [6.07, 6.45) is 3.24. The Morgan fingerprint density at radius 2 is 1.83 bits per heavy atom. The van der Waals surface area contributed by atoms with E-state index in [1.807, 2.05) is 28.8 Å². The molecule has 0 aliphatic carbocycles. The number of amides is 1. The lowest BCUT2D eigenvalue weighted by molar-refractivity contribution is -0.120. The van der Waals surface area contributed by atoms with Crippen molar-refractivity contribution in [2.24, 2.45) is 0 Å². The Kier molecular flexibility index (Phi) is 3.87. The molecular formula is C22H18N6O. The number of rotatable bonds is 3. The van der Waals surface area contributed by atoms with Crippen molar-refractivity contribution in [2.75, 3.05) is 0 Å². The average molecular weight is 382 g/mol. The fraction of sp³-hybridized carbons (Fsp3) is 0.0909. The van der Waals surface area contributed by atoms with Gasteiger partial charge in [-0.25, -0.2) is 15.0 Å². The second kappa shape index (κ2) is 6.56. The van der Waals surface area contributed by atoms with Crippen molar-refractivity contribution < 1.29 is 4.79 Å². The minimum Gasteiger partial charge on any atom is -0.357 e. The first-order chi connectivity index (χ1) is 14.1. The summed E-state index contributed by atoms with van der Waals surface area (Å²) in [5, 5.41) is 5.74. The third kappa shape index (κ3) is 2.93. The zero-order valence-electron chi connectivity index (χ0n) is 15.8. The molecule has 0 spiro atoms. The van der Waals surface area contributed by atoms with E-state index in [1.54, 1.807) is 6.20 Å². The van der Waals surface area contributed by atoms with Crippen LogP contribution in [-0.4, -0.2) is 25.4 Å². The van der Waals surface area contributed by atoms with Crippen LogP contribution in [0.25, 0.3) is 28.2 Å². The molecule has 1 saturated heterocycles. The lowest BCUT2D eigenvalue weighted by atomic mass is 10.0. The summed E-state index contributed by atoms with van der Waals surface area (Å²) in [4.78, 5) is 25.4. The molecule has 4 aromatic rings. The summed E-state index contributed by atoms with van der Waals surface area (Å²) >= 11 is 0. The van der Waals surface area contributed by atoms with Gasteiger partial charge >= 0.3 is 0 Å². The van der Waals surface area contributed by atoms with E-state index in [9.17, 15) is 4.79 Å². The molecule has 142 valence electrons. The maximum Gasteiger partial charge on any atom is 0.252 e. The molecule has 7 heteroatoms. The Morgan fingerprint density at radius 3 is 2.52 bits per heavy atom. The van der Waals surface area contributed by atoms with Gasteiger partial charge in [0.05, 0.1) is 12.0 Å². The van der Waals surface area contributed by atoms with Gasteiger partial charge < -0.3 is 10.6 Å². The van der Waals surface area contributed by atoms with Gasteiger partial charge in [-0.1, -0.05) is 48.5 Å². The van der Waals surface area contributed by atoms with Crippen molar-refractivity contribution in [1.29, 1.82) is 0 Å². The summed E-state index contributed by atoms with van der Waals surface area (Å²) < 4.78 is 2.02. The van der Waals surface area contributed by atoms with Crippen LogP contribution in [0.4, 0.5) is 0 Å². The zero-order chi connectivity index (χ0) is 20.0. The van der Waals surface area contributed by atoms with E-state index in [1.165, 1.54) is 11.9 Å². The average Bonchev–Trinajstić information content (AvgIpc) is 3.28. The van der Waals surface area contributed by atoms with Crippen LogP contribution in [0.5, 0.6) is 0 Å². The van der Waals surface area contributed by atoms with Crippen LogP contribution in [0.1, 0.15) is 17.2 Å². The van der Waals surface area contributed by atoms with E-state index in [0.29, 0.717) is 5.82 Å². The smallest absolute Gasteiger partial charge is 0.252 e. The van der Waals surface area contributed by atoms with Gasteiger partial charge in [0.15, 0.2) is 5.65 Å². The van der Waals surface area contributed by atoms with Crippen molar-refractivity contribution in [3.63, 3.8) is 0 Å². The highest BCUT2D eigenvalue weighted by molar-refractivity contribution is 5.87. The number of hydrogen-bond donors (Lipinski definition) is 2. The second-order valence-corrected chi connectivity index (χ2v) is 7.01. The Balaban J connectivity index is 1.62. The molecule has 2 N–H and O–H groups in total. The predicted octanol–water partition coefficient (Wildman–Crippen LogP) is 3.02. The Bertz CT molecular complexity index is 1240. The molecule has 2 aromatic heterocycles. The minimum atomic E-state index is -0.432. The number of aromatic nitrogens is 4. The van der Waals surface area contributed by atoms with E-state index in [-0.39, 0.29) is 5.91 Å². The number of carbonyl (C=O) groups is 1. The molecule has 0 saturated carbocycles. The molecule has 0 radical (unpaired) electrons. The van der Waals surface area contributed by atoms with Crippen molar-refractivity contribution in [3.8, 4) is 17.1 Å². The maximum absolute atomic E-state index is 12.1. The molecule has 5 rings (SSSR count). The second-order valence-electron chi connectivity index (χ2n) is 7.01. The van der Waals surface area contributed by atoms with Gasteiger partial charge in [-0.05, 0) is 24.6 Å². The number of hydrogen-bond acceptors (Lipinski definition) is 5. The molecule has 1 unspecified atom stereocenters. The van der Waals surface area contributed by atoms with Crippen molar-refractivity contribution >= 4 is 17.1 Å². The molecular weight excluding hydrogens is 364 g/mol. The maximum atomic E-state index is 12.1. The number of fused-ring (bicyclic) bond motifs is 1. The van der Waals surface area contributed by atoms with Crippen molar-refractivity contribution in [2.45, 2.75) is 13.0 Å². The fourth-order valence-corrected chi connectivity index (χ4v) is 3.52. The predicted molar refractivity (Wildman–Crippen MR) is 110 cm³/mol. The first-order valence-electron chi connectivity index (χ1n) is 9.22. The SMILES string of the molecule is C=C1NC(=O)C(c2ccc(-c3nc4cncnc4n3-c3ccc(C)cc3)cc2)N1. The quantitative estimate of drug-likeness (QED) is 0.569. The number of imidazole rings is 1. The molecule has 2 aromatic carbocycles. The lowest BCUT2D eigenvalue weighted by Gasteiger charge is -2.11. The highest BCUT2D eigenvalue weighted by Gasteiger charge is 2.27. The molecule has 1 atom stereocenters. The number of carbonyl (C=O) groups excluding carboxylic acids is 1. The first kappa shape index (κ1) is 17.1. The van der Waals surface area contributed by atoms with Crippen LogP contribution < -0.4 is 10.6 Å². The van der Waals surface area contributed by atoms with Gasteiger partial charge in [0.25, 0.3) is 5.91 Å². The molecule has 29 heavy (non-hydrogen) atoms. The normalized spacial score (nSPS) is 16.1. The summed E-state index contributed by atoms with van der Waals surface area (Å²) in [5.41, 5.74) is 5.41. The summed E-state index contributed by atoms with van der Waals surface area (Å²) in [6.45, 7) is 5.81. The third-order valence-electron chi connectivity index (χ3n) is 4.97. The van der Waals surface area contributed by atoms with Gasteiger partial charge in [-0.15, -0.1) is 0 Å². The van der Waals surface area contributed by atoms with Gasteiger partial charge in [0.1, 0.15) is 23.7 Å². The number of nitrogens with zero attached hydrogens (tertiary/aromatic N) is 4. The third-order valence-corrected chi connectivity index (χ3v) is 4.97. The van der Waals surface area contributed by atoms with Gasteiger partial charge in [0.2, 0.25) is 0 Å².